The number of hydrogen-bond acceptors (Lipinski definition) is 5. The number of imidazole rings is 1. The molecule has 2 aromatic carbocycles. The Morgan fingerprint density at radius 1 is 0.974 bits per heavy atom. The van der Waals surface area contributed by atoms with E-state index < -0.39 is 0 Å². The molecule has 2 fully saturated rings. The van der Waals surface area contributed by atoms with Crippen LogP contribution in [0.5, 0.6) is 0 Å². The maximum absolute atomic E-state index is 12.0. The van der Waals surface area contributed by atoms with Gasteiger partial charge in [-0.1, -0.05) is 44.6 Å². The van der Waals surface area contributed by atoms with Crippen molar-refractivity contribution < 1.29 is 9.90 Å². The minimum Gasteiger partial charge on any atom is -0.395 e. The minimum atomic E-state index is -0.283. The van der Waals surface area contributed by atoms with Crippen molar-refractivity contribution in [3.63, 3.8) is 0 Å². The maximum atomic E-state index is 12.0. The Morgan fingerprint density at radius 3 is 2.33 bits per heavy atom. The van der Waals surface area contributed by atoms with Gasteiger partial charge in [-0.05, 0) is 86.0 Å². The highest BCUT2D eigenvalue weighted by molar-refractivity contribution is 5.82. The second kappa shape index (κ2) is 13.4. The number of fused-ring (bicyclic) bond motifs is 1. The van der Waals surface area contributed by atoms with Crippen LogP contribution in [0.2, 0.25) is 0 Å². The summed E-state index contributed by atoms with van der Waals surface area (Å²) in [5, 5.41) is 16.0. The minimum absolute atomic E-state index is 0.0994. The van der Waals surface area contributed by atoms with Crippen LogP contribution in [0.15, 0.2) is 42.5 Å². The molecule has 0 spiro atoms. The summed E-state index contributed by atoms with van der Waals surface area (Å²) in [5.41, 5.74) is 11.0. The summed E-state index contributed by atoms with van der Waals surface area (Å²) in [4.78, 5) is 17.2. The summed E-state index contributed by atoms with van der Waals surface area (Å²) in [6, 6.07) is 14.7. The fraction of sp³-hybridized carbons (Fsp3) is 0.562. The third kappa shape index (κ3) is 7.20. The predicted molar refractivity (Wildman–Crippen MR) is 158 cm³/mol. The number of aliphatic hydroxyl groups is 1. The third-order valence-corrected chi connectivity index (χ3v) is 8.71. The normalized spacial score (nSPS) is 17.9. The van der Waals surface area contributed by atoms with Gasteiger partial charge in [0.2, 0.25) is 5.91 Å². The van der Waals surface area contributed by atoms with Crippen molar-refractivity contribution in [2.45, 2.75) is 83.2 Å². The van der Waals surface area contributed by atoms with Crippen LogP contribution < -0.4 is 16.4 Å². The first-order chi connectivity index (χ1) is 19.1. The summed E-state index contributed by atoms with van der Waals surface area (Å²) in [6.07, 6.45) is 13.3. The molecule has 1 aromatic heterocycles. The lowest BCUT2D eigenvalue weighted by atomic mass is 9.89. The smallest absolute Gasteiger partial charge is 0.219 e. The van der Waals surface area contributed by atoms with E-state index in [-0.39, 0.29) is 25.0 Å². The highest BCUT2D eigenvalue weighted by Crippen LogP contribution is 2.33. The molecule has 5 N–H and O–H groups in total. The molecule has 7 nitrogen and oxygen atoms in total. The largest absolute Gasteiger partial charge is 0.395 e. The number of primary amides is 1. The van der Waals surface area contributed by atoms with Gasteiger partial charge >= 0.3 is 0 Å². The number of nitrogens with two attached hydrogens (primary N) is 1. The van der Waals surface area contributed by atoms with Crippen molar-refractivity contribution in [2.75, 3.05) is 25.0 Å². The van der Waals surface area contributed by atoms with Crippen molar-refractivity contribution in [3.05, 3.63) is 48.0 Å². The molecule has 0 radical (unpaired) electrons. The molecule has 2 aliphatic rings. The van der Waals surface area contributed by atoms with Gasteiger partial charge in [0.15, 0.2) is 0 Å². The van der Waals surface area contributed by atoms with Crippen LogP contribution in [0.3, 0.4) is 0 Å². The first-order valence-electron chi connectivity index (χ1n) is 15.1. The number of carbonyl (C=O) groups is 1. The lowest BCUT2D eigenvalue weighted by Gasteiger charge is -2.25. The Kier molecular flexibility index (Phi) is 9.53. The lowest BCUT2D eigenvalue weighted by molar-refractivity contribution is -0.118. The lowest BCUT2D eigenvalue weighted by Crippen LogP contribution is -2.31. The molecule has 0 aliphatic heterocycles. The summed E-state index contributed by atoms with van der Waals surface area (Å²) in [5.74, 6) is 2.05. The van der Waals surface area contributed by atoms with Gasteiger partial charge in [0.25, 0.3) is 0 Å². The molecule has 7 heteroatoms. The predicted octanol–water partition coefficient (Wildman–Crippen LogP) is 5.77. The van der Waals surface area contributed by atoms with E-state index in [2.05, 4.69) is 57.7 Å². The maximum Gasteiger partial charge on any atom is 0.219 e. The van der Waals surface area contributed by atoms with E-state index >= 15 is 0 Å². The Bertz CT molecular complexity index is 1210. The molecule has 2 aliphatic carbocycles. The highest BCUT2D eigenvalue weighted by atomic mass is 16.3. The number of aromatic nitrogens is 2. The average molecular weight is 532 g/mol. The van der Waals surface area contributed by atoms with Crippen molar-refractivity contribution >= 4 is 22.6 Å². The number of amides is 1. The molecule has 210 valence electrons. The number of benzene rings is 2. The van der Waals surface area contributed by atoms with Crippen molar-refractivity contribution in [3.8, 4) is 11.4 Å². The van der Waals surface area contributed by atoms with Gasteiger partial charge in [0.05, 0.1) is 17.6 Å². The number of anilines is 1. The fourth-order valence-electron chi connectivity index (χ4n) is 6.54. The van der Waals surface area contributed by atoms with Gasteiger partial charge in [0, 0.05) is 36.8 Å². The first-order valence-corrected chi connectivity index (χ1v) is 15.1. The van der Waals surface area contributed by atoms with Crippen LogP contribution in [0, 0.1) is 11.8 Å². The van der Waals surface area contributed by atoms with Crippen LogP contribution in [-0.2, 0) is 11.3 Å². The molecule has 3 aromatic rings. The summed E-state index contributed by atoms with van der Waals surface area (Å²) in [7, 11) is 0. The van der Waals surface area contributed by atoms with E-state index in [0.29, 0.717) is 18.4 Å². The molecule has 1 atom stereocenters. The SMILES string of the molecule is NC(=O)CC(NCC1CCCCC1)c1ccc2c(c1)nc(-c1ccc(NCCO)cc1)n2CC1CCCCC1. The van der Waals surface area contributed by atoms with E-state index in [4.69, 9.17) is 15.8 Å². The molecular weight excluding hydrogens is 486 g/mol. The Hall–Kier alpha value is -2.90. The zero-order valence-corrected chi connectivity index (χ0v) is 23.2. The van der Waals surface area contributed by atoms with Crippen LogP contribution in [0.1, 0.15) is 82.2 Å². The second-order valence-corrected chi connectivity index (χ2v) is 11.7. The second-order valence-electron chi connectivity index (χ2n) is 11.7. The number of carbonyl (C=O) groups excluding carboxylic acids is 1. The first kappa shape index (κ1) is 27.7. The summed E-state index contributed by atoms with van der Waals surface area (Å²) >= 11 is 0. The molecule has 0 bridgehead atoms. The number of nitrogens with zero attached hydrogens (tertiary/aromatic N) is 2. The monoisotopic (exact) mass is 531 g/mol. The number of nitrogens with one attached hydrogen (secondary N) is 2. The van der Waals surface area contributed by atoms with E-state index in [1.54, 1.807) is 0 Å². The van der Waals surface area contributed by atoms with Gasteiger partial charge < -0.3 is 26.0 Å². The Labute approximate surface area is 232 Å². The molecule has 5 rings (SSSR count). The van der Waals surface area contributed by atoms with Crippen LogP contribution in [-0.4, -0.2) is 40.3 Å². The van der Waals surface area contributed by atoms with Gasteiger partial charge in [-0.2, -0.15) is 0 Å². The molecular formula is C32H45N5O2. The topological polar surface area (TPSA) is 105 Å². The quantitative estimate of drug-likeness (QED) is 0.237. The molecule has 39 heavy (non-hydrogen) atoms. The van der Waals surface area contributed by atoms with E-state index in [9.17, 15) is 4.79 Å². The fourth-order valence-corrected chi connectivity index (χ4v) is 6.54. The van der Waals surface area contributed by atoms with Crippen molar-refractivity contribution in [1.29, 1.82) is 0 Å². The summed E-state index contributed by atoms with van der Waals surface area (Å²) in [6.45, 7) is 2.53. The highest BCUT2D eigenvalue weighted by Gasteiger charge is 2.22. The van der Waals surface area contributed by atoms with E-state index in [1.165, 1.54) is 64.2 Å². The Morgan fingerprint density at radius 2 is 1.67 bits per heavy atom. The number of aliphatic hydroxyl groups excluding tert-OH is 1. The van der Waals surface area contributed by atoms with Crippen molar-refractivity contribution in [2.24, 2.45) is 17.6 Å². The van der Waals surface area contributed by atoms with Crippen LogP contribution in [0.25, 0.3) is 22.4 Å². The molecule has 1 unspecified atom stereocenters. The zero-order chi connectivity index (χ0) is 27.0. The van der Waals surface area contributed by atoms with Crippen LogP contribution >= 0.6 is 0 Å². The standard InChI is InChI=1S/C32H45N5O2/c33-31(39)20-28(35-21-23-7-3-1-4-8-23)26-13-16-30-29(19-26)36-32(37(30)22-24-9-5-2-6-10-24)25-11-14-27(15-12-25)34-17-18-38/h11-16,19,23-24,28,34-35,38H,1-10,17-18,20-22H2,(H2,33,39). The van der Waals surface area contributed by atoms with E-state index in [0.717, 1.165) is 46.8 Å². The zero-order valence-electron chi connectivity index (χ0n) is 23.2. The van der Waals surface area contributed by atoms with Gasteiger partial charge in [-0.25, -0.2) is 4.98 Å². The average Bonchev–Trinajstić information content (AvgIpc) is 3.32. The number of rotatable bonds is 12. The Balaban J connectivity index is 1.45. The van der Waals surface area contributed by atoms with Crippen molar-refractivity contribution in [1.82, 2.24) is 14.9 Å². The molecule has 1 heterocycles. The third-order valence-electron chi connectivity index (χ3n) is 8.71. The van der Waals surface area contributed by atoms with Gasteiger partial charge in [0.1, 0.15) is 5.82 Å². The molecule has 1 amide bonds. The summed E-state index contributed by atoms with van der Waals surface area (Å²) < 4.78 is 2.41. The number of hydrogen-bond donors (Lipinski definition) is 4. The molecule has 0 saturated heterocycles. The van der Waals surface area contributed by atoms with E-state index in [1.807, 2.05) is 0 Å². The van der Waals surface area contributed by atoms with Gasteiger partial charge in [-0.15, -0.1) is 0 Å². The molecule has 2 saturated carbocycles. The van der Waals surface area contributed by atoms with Crippen LogP contribution in [0.4, 0.5) is 5.69 Å². The van der Waals surface area contributed by atoms with Gasteiger partial charge in [-0.3, -0.25) is 4.79 Å².